The topological polar surface area (TPSA) is 76.1 Å². The molecule has 0 fully saturated rings. The normalized spacial score (nSPS) is 10.4. The Bertz CT molecular complexity index is 968. The maximum absolute atomic E-state index is 12.5. The van der Waals surface area contributed by atoms with Gasteiger partial charge < -0.3 is 9.26 Å². The van der Waals surface area contributed by atoms with E-state index in [9.17, 15) is 4.79 Å². The van der Waals surface area contributed by atoms with Crippen LogP contribution in [0.1, 0.15) is 38.5 Å². The zero-order valence-electron chi connectivity index (χ0n) is 15.1. The van der Waals surface area contributed by atoms with Crippen molar-refractivity contribution in [2.24, 2.45) is 0 Å². The van der Waals surface area contributed by atoms with Crippen molar-refractivity contribution in [3.05, 3.63) is 82.2 Å². The average Bonchev–Trinajstić information content (AvgIpc) is 3.02. The van der Waals surface area contributed by atoms with Crippen molar-refractivity contribution in [2.75, 3.05) is 0 Å². The summed E-state index contributed by atoms with van der Waals surface area (Å²) in [4.78, 5) is 13.4. The van der Waals surface area contributed by atoms with E-state index in [1.165, 1.54) is 0 Å². The highest BCUT2D eigenvalue weighted by Gasteiger charge is 2.15. The third-order valence-electron chi connectivity index (χ3n) is 4.11. The van der Waals surface area contributed by atoms with E-state index in [4.69, 9.17) is 14.5 Å². The first-order valence-electron chi connectivity index (χ1n) is 8.38. The average molecular weight is 378 g/mol. The first-order valence-corrected chi connectivity index (χ1v) is 9.37. The fourth-order valence-electron chi connectivity index (χ4n) is 2.52. The quantitative estimate of drug-likeness (QED) is 0.452. The molecular weight excluding hydrogens is 360 g/mol. The maximum Gasteiger partial charge on any atom is 0.339 e. The van der Waals surface area contributed by atoms with Crippen molar-refractivity contribution in [1.29, 1.82) is 5.26 Å². The minimum Gasteiger partial charge on any atom is -0.457 e. The van der Waals surface area contributed by atoms with Gasteiger partial charge in [0.15, 0.2) is 0 Å². The Labute approximate surface area is 161 Å². The number of esters is 1. The lowest BCUT2D eigenvalue weighted by Crippen LogP contribution is -2.06. The molecule has 2 aromatic carbocycles. The number of benzene rings is 2. The molecule has 0 atom stereocenters. The van der Waals surface area contributed by atoms with Crippen LogP contribution in [0.15, 0.2) is 57.9 Å². The van der Waals surface area contributed by atoms with Crippen LogP contribution in [0.5, 0.6) is 0 Å². The Morgan fingerprint density at radius 1 is 1.19 bits per heavy atom. The third kappa shape index (κ3) is 4.57. The van der Waals surface area contributed by atoms with Gasteiger partial charge in [-0.3, -0.25) is 0 Å². The van der Waals surface area contributed by atoms with Crippen molar-refractivity contribution >= 4 is 17.7 Å². The molecule has 0 amide bonds. The number of aromatic nitrogens is 1. The summed E-state index contributed by atoms with van der Waals surface area (Å²) >= 11 is 1.55. The monoisotopic (exact) mass is 378 g/mol. The standard InChI is InChI=1S/C21H18N2O3S/c1-14-19(15(2)26-23-14)13-27-20-6-4-3-5-18(20)21(24)25-12-17-9-7-16(11-22)8-10-17/h3-10H,12-13H2,1-2H3. The molecule has 1 heterocycles. The second-order valence-corrected chi connectivity index (χ2v) is 6.99. The Balaban J connectivity index is 1.67. The number of carbonyl (C=O) groups excluding carboxylic acids is 1. The molecule has 0 radical (unpaired) electrons. The largest absolute Gasteiger partial charge is 0.457 e. The van der Waals surface area contributed by atoms with Crippen LogP contribution in [0.3, 0.4) is 0 Å². The number of rotatable bonds is 6. The number of aryl methyl sites for hydroxylation is 2. The van der Waals surface area contributed by atoms with Gasteiger partial charge in [0.1, 0.15) is 12.4 Å². The van der Waals surface area contributed by atoms with Crippen molar-refractivity contribution < 1.29 is 14.1 Å². The van der Waals surface area contributed by atoms with Crippen LogP contribution in [0.2, 0.25) is 0 Å². The molecule has 1 aromatic heterocycles. The molecule has 3 aromatic rings. The lowest BCUT2D eigenvalue weighted by Gasteiger charge is -2.09. The van der Waals surface area contributed by atoms with Gasteiger partial charge in [0.05, 0.1) is 22.9 Å². The number of hydrogen-bond donors (Lipinski definition) is 0. The van der Waals surface area contributed by atoms with Crippen LogP contribution in [-0.2, 0) is 17.1 Å². The van der Waals surface area contributed by atoms with Gasteiger partial charge >= 0.3 is 5.97 Å². The highest BCUT2D eigenvalue weighted by Crippen LogP contribution is 2.29. The van der Waals surface area contributed by atoms with E-state index in [1.807, 2.05) is 32.0 Å². The zero-order valence-corrected chi connectivity index (χ0v) is 15.9. The van der Waals surface area contributed by atoms with E-state index < -0.39 is 0 Å². The number of carbonyl (C=O) groups is 1. The SMILES string of the molecule is Cc1noc(C)c1CSc1ccccc1C(=O)OCc1ccc(C#N)cc1. The molecule has 136 valence electrons. The van der Waals surface area contributed by atoms with Gasteiger partial charge in [-0.2, -0.15) is 5.26 Å². The Morgan fingerprint density at radius 3 is 2.59 bits per heavy atom. The summed E-state index contributed by atoms with van der Waals surface area (Å²) in [5.74, 6) is 1.09. The van der Waals surface area contributed by atoms with Gasteiger partial charge in [-0.25, -0.2) is 4.79 Å². The minimum absolute atomic E-state index is 0.160. The lowest BCUT2D eigenvalue weighted by atomic mass is 10.1. The molecule has 0 aliphatic rings. The van der Waals surface area contributed by atoms with Crippen molar-refractivity contribution in [2.45, 2.75) is 31.1 Å². The summed E-state index contributed by atoms with van der Waals surface area (Å²) in [6.07, 6.45) is 0. The Morgan fingerprint density at radius 2 is 1.93 bits per heavy atom. The van der Waals surface area contributed by atoms with E-state index in [0.29, 0.717) is 16.9 Å². The number of nitrogens with zero attached hydrogens (tertiary/aromatic N) is 2. The number of nitriles is 1. The third-order valence-corrected chi connectivity index (χ3v) is 5.21. The molecule has 6 heteroatoms. The summed E-state index contributed by atoms with van der Waals surface area (Å²) in [7, 11) is 0. The molecule has 0 saturated heterocycles. The summed E-state index contributed by atoms with van der Waals surface area (Å²) in [5.41, 5.74) is 3.85. The molecule has 3 rings (SSSR count). The summed E-state index contributed by atoms with van der Waals surface area (Å²) in [6, 6.07) is 16.4. The molecule has 0 aliphatic carbocycles. The van der Waals surface area contributed by atoms with Crippen molar-refractivity contribution in [3.63, 3.8) is 0 Å². The predicted molar refractivity (Wildman–Crippen MR) is 102 cm³/mol. The molecule has 0 saturated carbocycles. The van der Waals surface area contributed by atoms with Crippen LogP contribution in [0.25, 0.3) is 0 Å². The lowest BCUT2D eigenvalue weighted by molar-refractivity contribution is 0.0468. The molecule has 0 N–H and O–H groups in total. The molecule has 0 aliphatic heterocycles. The van der Waals surface area contributed by atoms with Crippen molar-refractivity contribution in [1.82, 2.24) is 5.16 Å². The van der Waals surface area contributed by atoms with Crippen LogP contribution in [-0.4, -0.2) is 11.1 Å². The highest BCUT2D eigenvalue weighted by molar-refractivity contribution is 7.98. The van der Waals surface area contributed by atoms with Crippen LogP contribution in [0, 0.1) is 25.2 Å². The number of hydrogen-bond acceptors (Lipinski definition) is 6. The number of thioether (sulfide) groups is 1. The minimum atomic E-state index is -0.374. The second kappa shape index (κ2) is 8.56. The highest BCUT2D eigenvalue weighted by atomic mass is 32.2. The van der Waals surface area contributed by atoms with Gasteiger partial charge in [-0.05, 0) is 43.7 Å². The maximum atomic E-state index is 12.5. The first-order chi connectivity index (χ1) is 13.1. The van der Waals surface area contributed by atoms with Gasteiger partial charge in [0.2, 0.25) is 0 Å². The predicted octanol–water partition coefficient (Wildman–Crippen LogP) is 4.81. The van der Waals surface area contributed by atoms with E-state index in [-0.39, 0.29) is 12.6 Å². The van der Waals surface area contributed by atoms with Gasteiger partial charge in [-0.1, -0.05) is 29.4 Å². The fraction of sp³-hybridized carbons (Fsp3) is 0.190. The summed E-state index contributed by atoms with van der Waals surface area (Å²) in [6.45, 7) is 3.95. The van der Waals surface area contributed by atoms with E-state index in [1.54, 1.807) is 42.1 Å². The van der Waals surface area contributed by atoms with E-state index in [2.05, 4.69) is 11.2 Å². The van der Waals surface area contributed by atoms with Gasteiger partial charge in [0.25, 0.3) is 0 Å². The fourth-order valence-corrected chi connectivity index (χ4v) is 3.71. The van der Waals surface area contributed by atoms with Crippen LogP contribution < -0.4 is 0 Å². The van der Waals surface area contributed by atoms with E-state index in [0.717, 1.165) is 27.5 Å². The van der Waals surface area contributed by atoms with Crippen LogP contribution >= 0.6 is 11.8 Å². The first kappa shape index (κ1) is 18.7. The van der Waals surface area contributed by atoms with Gasteiger partial charge in [-0.15, -0.1) is 11.8 Å². The molecular formula is C21H18N2O3S. The second-order valence-electron chi connectivity index (χ2n) is 5.97. The summed E-state index contributed by atoms with van der Waals surface area (Å²) < 4.78 is 10.6. The number of ether oxygens (including phenoxy) is 1. The smallest absolute Gasteiger partial charge is 0.339 e. The Kier molecular flexibility index (Phi) is 5.94. The van der Waals surface area contributed by atoms with Gasteiger partial charge in [0, 0.05) is 16.2 Å². The molecule has 27 heavy (non-hydrogen) atoms. The molecule has 0 unspecified atom stereocenters. The van der Waals surface area contributed by atoms with Crippen LogP contribution in [0.4, 0.5) is 0 Å². The van der Waals surface area contributed by atoms with Crippen molar-refractivity contribution in [3.8, 4) is 6.07 Å². The zero-order chi connectivity index (χ0) is 19.2. The molecule has 0 bridgehead atoms. The Hall–Kier alpha value is -3.04. The summed E-state index contributed by atoms with van der Waals surface area (Å²) in [5, 5.41) is 12.8. The molecule has 5 nitrogen and oxygen atoms in total. The molecule has 0 spiro atoms. The van der Waals surface area contributed by atoms with E-state index >= 15 is 0 Å².